The number of thiazole rings is 1. The first-order valence-electron chi connectivity index (χ1n) is 7.12. The third-order valence-corrected chi connectivity index (χ3v) is 4.66. The zero-order valence-corrected chi connectivity index (χ0v) is 13.5. The number of hydrogen-bond donors (Lipinski definition) is 1. The Hall–Kier alpha value is -2.21. The molecular weight excluding hydrogens is 298 g/mol. The van der Waals surface area contributed by atoms with E-state index >= 15 is 0 Å². The quantitative estimate of drug-likeness (QED) is 0.797. The lowest BCUT2D eigenvalue weighted by atomic mass is 10.2. The minimum absolute atomic E-state index is 0.285. The van der Waals surface area contributed by atoms with Gasteiger partial charge in [0.05, 0.1) is 23.3 Å². The predicted octanol–water partition coefficient (Wildman–Crippen LogP) is 3.67. The van der Waals surface area contributed by atoms with Crippen LogP contribution in [0.2, 0.25) is 0 Å². The fourth-order valence-corrected chi connectivity index (χ4v) is 3.45. The van der Waals surface area contributed by atoms with Crippen molar-refractivity contribution in [3.05, 3.63) is 45.7 Å². The summed E-state index contributed by atoms with van der Waals surface area (Å²) in [6.07, 6.45) is 0. The zero-order valence-electron chi connectivity index (χ0n) is 12.7. The highest BCUT2D eigenvalue weighted by Crippen LogP contribution is 2.25. The molecule has 3 aromatic rings. The summed E-state index contributed by atoms with van der Waals surface area (Å²) in [5.41, 5.74) is 2.58. The lowest BCUT2D eigenvalue weighted by Gasteiger charge is -2.09. The molecule has 1 aromatic carbocycles. The van der Waals surface area contributed by atoms with Gasteiger partial charge in [0.25, 0.3) is 0 Å². The molecule has 22 heavy (non-hydrogen) atoms. The van der Waals surface area contributed by atoms with Crippen LogP contribution in [0, 0.1) is 6.92 Å². The number of aryl methyl sites for hydroxylation is 1. The van der Waals surface area contributed by atoms with Gasteiger partial charge in [0.15, 0.2) is 0 Å². The second-order valence-corrected chi connectivity index (χ2v) is 6.61. The topological polar surface area (TPSA) is 68.0 Å². The van der Waals surface area contributed by atoms with Crippen LogP contribution >= 0.6 is 11.3 Å². The van der Waals surface area contributed by atoms with Gasteiger partial charge >= 0.3 is 5.97 Å². The molecule has 0 radical (unpaired) electrons. The van der Waals surface area contributed by atoms with Crippen LogP contribution in [0.25, 0.3) is 11.0 Å². The van der Waals surface area contributed by atoms with Gasteiger partial charge in [-0.15, -0.1) is 11.3 Å². The lowest BCUT2D eigenvalue weighted by molar-refractivity contribution is 0.0701. The molecule has 0 spiro atoms. The van der Waals surface area contributed by atoms with Gasteiger partial charge in [0, 0.05) is 5.92 Å². The van der Waals surface area contributed by atoms with Crippen LogP contribution in [-0.2, 0) is 6.54 Å². The van der Waals surface area contributed by atoms with Gasteiger partial charge in [-0.25, -0.2) is 14.8 Å². The van der Waals surface area contributed by atoms with E-state index in [0.717, 1.165) is 21.9 Å². The maximum absolute atomic E-state index is 11.2. The fraction of sp³-hybridized carbons (Fsp3) is 0.312. The van der Waals surface area contributed by atoms with E-state index in [9.17, 15) is 9.90 Å². The number of fused-ring (bicyclic) bond motifs is 1. The third-order valence-electron chi connectivity index (χ3n) is 3.53. The highest BCUT2D eigenvalue weighted by molar-refractivity contribution is 7.13. The van der Waals surface area contributed by atoms with E-state index in [1.165, 1.54) is 11.3 Å². The van der Waals surface area contributed by atoms with Crippen molar-refractivity contribution in [2.75, 3.05) is 0 Å². The Labute approximate surface area is 132 Å². The van der Waals surface area contributed by atoms with Gasteiger partial charge in [0.2, 0.25) is 0 Å². The van der Waals surface area contributed by atoms with E-state index in [4.69, 9.17) is 4.98 Å². The molecule has 0 amide bonds. The first kappa shape index (κ1) is 14.7. The summed E-state index contributed by atoms with van der Waals surface area (Å²) in [6, 6.07) is 7.99. The van der Waals surface area contributed by atoms with E-state index < -0.39 is 5.97 Å². The fourth-order valence-electron chi connectivity index (χ4n) is 2.55. The van der Waals surface area contributed by atoms with Gasteiger partial charge in [-0.2, -0.15) is 0 Å². The van der Waals surface area contributed by atoms with Crippen molar-refractivity contribution in [2.24, 2.45) is 0 Å². The maximum Gasteiger partial charge on any atom is 0.347 e. The minimum atomic E-state index is -0.916. The highest BCUT2D eigenvalue weighted by atomic mass is 32.1. The number of carboxylic acids is 1. The van der Waals surface area contributed by atoms with Crippen molar-refractivity contribution in [1.82, 2.24) is 14.5 Å². The minimum Gasteiger partial charge on any atom is -0.477 e. The number of aromatic carboxylic acids is 1. The van der Waals surface area contributed by atoms with Crippen LogP contribution in [0.1, 0.15) is 46.0 Å². The first-order chi connectivity index (χ1) is 10.5. The molecule has 0 bridgehead atoms. The molecule has 0 fully saturated rings. The molecule has 3 rings (SSSR count). The second-order valence-electron chi connectivity index (χ2n) is 5.53. The van der Waals surface area contributed by atoms with Crippen LogP contribution in [0.15, 0.2) is 24.3 Å². The van der Waals surface area contributed by atoms with Crippen molar-refractivity contribution in [1.29, 1.82) is 0 Å². The molecule has 6 heteroatoms. The van der Waals surface area contributed by atoms with E-state index in [2.05, 4.69) is 23.4 Å². The van der Waals surface area contributed by atoms with Gasteiger partial charge in [-0.05, 0) is 19.1 Å². The zero-order chi connectivity index (χ0) is 15.9. The number of carboxylic acid groups (broad SMARTS) is 1. The number of benzene rings is 1. The smallest absolute Gasteiger partial charge is 0.347 e. The normalized spacial score (nSPS) is 11.5. The number of carbonyl (C=O) groups is 1. The summed E-state index contributed by atoms with van der Waals surface area (Å²) < 4.78 is 2.13. The summed E-state index contributed by atoms with van der Waals surface area (Å²) in [4.78, 5) is 20.6. The Morgan fingerprint density at radius 2 is 2.05 bits per heavy atom. The molecule has 2 aromatic heterocycles. The Kier molecular flexibility index (Phi) is 3.70. The van der Waals surface area contributed by atoms with Crippen LogP contribution in [0.5, 0.6) is 0 Å². The van der Waals surface area contributed by atoms with Crippen LogP contribution in [0.3, 0.4) is 0 Å². The van der Waals surface area contributed by atoms with Crippen molar-refractivity contribution in [3.8, 4) is 0 Å². The molecular formula is C16H17N3O2S. The third kappa shape index (κ3) is 2.50. The molecule has 0 aliphatic carbocycles. The predicted molar refractivity (Wildman–Crippen MR) is 86.7 cm³/mol. The lowest BCUT2D eigenvalue weighted by Crippen LogP contribution is -2.06. The molecule has 114 valence electrons. The summed E-state index contributed by atoms with van der Waals surface area (Å²) in [7, 11) is 0. The van der Waals surface area contributed by atoms with Gasteiger partial charge in [-0.3, -0.25) is 0 Å². The Morgan fingerprint density at radius 1 is 1.32 bits per heavy atom. The number of para-hydroxylation sites is 2. The van der Waals surface area contributed by atoms with Crippen molar-refractivity contribution < 1.29 is 9.90 Å². The average Bonchev–Trinajstić information content (AvgIpc) is 3.01. The van der Waals surface area contributed by atoms with Crippen LogP contribution < -0.4 is 0 Å². The van der Waals surface area contributed by atoms with E-state index in [1.54, 1.807) is 6.92 Å². The monoisotopic (exact) mass is 315 g/mol. The number of imidazole rings is 1. The Morgan fingerprint density at radius 3 is 2.68 bits per heavy atom. The average molecular weight is 315 g/mol. The summed E-state index contributed by atoms with van der Waals surface area (Å²) in [6.45, 7) is 6.49. The van der Waals surface area contributed by atoms with E-state index in [1.807, 2.05) is 24.3 Å². The molecule has 0 atom stereocenters. The van der Waals surface area contributed by atoms with Crippen molar-refractivity contribution >= 4 is 28.3 Å². The standard InChI is InChI=1S/C16H17N3O2S/c1-9(2)15-18-11-6-4-5-7-12(11)19(15)8-13-17-10(3)14(22-13)16(20)21/h4-7,9H,8H2,1-3H3,(H,20,21). The number of rotatable bonds is 4. The summed E-state index contributed by atoms with van der Waals surface area (Å²) in [5.74, 6) is 0.360. The maximum atomic E-state index is 11.2. The number of hydrogen-bond acceptors (Lipinski definition) is 4. The molecule has 0 aliphatic rings. The highest BCUT2D eigenvalue weighted by Gasteiger charge is 2.18. The molecule has 1 N–H and O–H groups in total. The number of nitrogens with zero attached hydrogens (tertiary/aromatic N) is 3. The van der Waals surface area contributed by atoms with E-state index in [-0.39, 0.29) is 5.92 Å². The molecule has 0 saturated heterocycles. The molecule has 0 aliphatic heterocycles. The Bertz CT molecular complexity index is 848. The van der Waals surface area contributed by atoms with Crippen molar-refractivity contribution in [2.45, 2.75) is 33.2 Å². The van der Waals surface area contributed by atoms with Crippen LogP contribution in [0.4, 0.5) is 0 Å². The summed E-state index contributed by atoms with van der Waals surface area (Å²) in [5, 5.41) is 9.96. The van der Waals surface area contributed by atoms with Crippen molar-refractivity contribution in [3.63, 3.8) is 0 Å². The summed E-state index contributed by atoms with van der Waals surface area (Å²) >= 11 is 1.24. The van der Waals surface area contributed by atoms with E-state index in [0.29, 0.717) is 17.1 Å². The van der Waals surface area contributed by atoms with Crippen LogP contribution in [-0.4, -0.2) is 25.6 Å². The number of aromatic nitrogens is 3. The molecule has 0 unspecified atom stereocenters. The second kappa shape index (κ2) is 5.53. The molecule has 2 heterocycles. The molecule has 5 nitrogen and oxygen atoms in total. The van der Waals surface area contributed by atoms with Gasteiger partial charge < -0.3 is 9.67 Å². The Balaban J connectivity index is 2.08. The SMILES string of the molecule is Cc1nc(Cn2c(C(C)C)nc3ccccc32)sc1C(=O)O. The van der Waals surface area contributed by atoms with Gasteiger partial charge in [0.1, 0.15) is 15.7 Å². The molecule has 0 saturated carbocycles. The first-order valence-corrected chi connectivity index (χ1v) is 7.93. The van der Waals surface area contributed by atoms with Gasteiger partial charge in [-0.1, -0.05) is 26.0 Å². The largest absolute Gasteiger partial charge is 0.477 e.